The van der Waals surface area contributed by atoms with Crippen LogP contribution in [0.3, 0.4) is 0 Å². The Balaban J connectivity index is 1.39. The lowest BCUT2D eigenvalue weighted by Gasteiger charge is -2.45. The Labute approximate surface area is 193 Å². The number of aryl methyl sites for hydroxylation is 2. The number of carbonyl (C=O) groups excluding carboxylic acids is 1. The first-order valence-corrected chi connectivity index (χ1v) is 11.6. The molecular weight excluding hydrogens is 414 g/mol. The van der Waals surface area contributed by atoms with Gasteiger partial charge in [-0.2, -0.15) is 5.26 Å². The lowest BCUT2D eigenvalue weighted by Crippen LogP contribution is -2.59. The summed E-state index contributed by atoms with van der Waals surface area (Å²) in [5, 5.41) is 13.4. The lowest BCUT2D eigenvalue weighted by atomic mass is 9.85. The number of rotatable bonds is 4. The predicted molar refractivity (Wildman–Crippen MR) is 128 cm³/mol. The van der Waals surface area contributed by atoms with Gasteiger partial charge in [-0.15, -0.1) is 0 Å². The van der Waals surface area contributed by atoms with Gasteiger partial charge in [0.2, 0.25) is 5.91 Å². The Morgan fingerprint density at radius 1 is 1.21 bits per heavy atom. The van der Waals surface area contributed by atoms with Crippen molar-refractivity contribution in [1.82, 2.24) is 19.9 Å². The van der Waals surface area contributed by atoms with Gasteiger partial charge in [-0.1, -0.05) is 6.07 Å². The summed E-state index contributed by atoms with van der Waals surface area (Å²) in [5.74, 6) is 0.947. The zero-order chi connectivity index (χ0) is 23.0. The second kappa shape index (κ2) is 8.49. The third kappa shape index (κ3) is 3.72. The summed E-state index contributed by atoms with van der Waals surface area (Å²) in [6, 6.07) is 9.18. The molecule has 0 unspecified atom stereocenters. The fraction of sp³-hybridized carbons (Fsp3) is 0.440. The summed E-state index contributed by atoms with van der Waals surface area (Å²) in [6.45, 7) is 1.46. The highest BCUT2D eigenvalue weighted by Crippen LogP contribution is 2.36. The van der Waals surface area contributed by atoms with Crippen molar-refractivity contribution in [1.29, 1.82) is 5.26 Å². The molecule has 2 aromatic heterocycles. The van der Waals surface area contributed by atoms with Gasteiger partial charge in [0.1, 0.15) is 23.3 Å². The smallest absolute Gasteiger partial charge is 0.245 e. The number of hydrogen-bond donors (Lipinski definition) is 2. The highest BCUT2D eigenvalue weighted by Gasteiger charge is 2.44. The van der Waals surface area contributed by atoms with Crippen LogP contribution in [0.1, 0.15) is 42.5 Å². The Morgan fingerprint density at radius 2 is 2.00 bits per heavy atom. The molecule has 3 heterocycles. The monoisotopic (exact) mass is 443 g/mol. The molecule has 1 aromatic carbocycles. The van der Waals surface area contributed by atoms with Gasteiger partial charge in [-0.3, -0.25) is 9.69 Å². The molecule has 33 heavy (non-hydrogen) atoms. The van der Waals surface area contributed by atoms with Crippen molar-refractivity contribution in [3.05, 3.63) is 47.4 Å². The van der Waals surface area contributed by atoms with E-state index in [1.54, 1.807) is 24.5 Å². The standard InChI is InChI=1S/C25H29N7O/c1-31(2)25(24(33)29-18-7-5-6-17(14-18)15-26)10-12-32(13-11-25)23-21-19-8-3-4-9-20(19)30-22(21)27-16-28-23/h5-7,14,16H,3-4,8-13H2,1-2H3,(H,29,33)(H,27,28,30). The molecule has 0 atom stereocenters. The number of nitrogens with one attached hydrogen (secondary N) is 2. The molecule has 1 aliphatic carbocycles. The van der Waals surface area contributed by atoms with Crippen LogP contribution in [0.15, 0.2) is 30.6 Å². The average Bonchev–Trinajstić information content (AvgIpc) is 3.23. The highest BCUT2D eigenvalue weighted by atomic mass is 16.2. The van der Waals surface area contributed by atoms with Crippen molar-refractivity contribution in [3.63, 3.8) is 0 Å². The molecule has 1 fully saturated rings. The summed E-state index contributed by atoms with van der Waals surface area (Å²) in [6.07, 6.45) is 7.55. The number of amides is 1. The number of aromatic amines is 1. The SMILES string of the molecule is CN(C)C1(C(=O)Nc2cccc(C#N)c2)CCN(c2ncnc3[nH]c4c(c23)CCCC4)CC1. The molecule has 0 saturated carbocycles. The second-order valence-corrected chi connectivity index (χ2v) is 9.27. The molecule has 5 rings (SSSR count). The van der Waals surface area contributed by atoms with Crippen LogP contribution in [-0.2, 0) is 17.6 Å². The number of hydrogen-bond acceptors (Lipinski definition) is 6. The number of piperidine rings is 1. The highest BCUT2D eigenvalue weighted by molar-refractivity contribution is 5.99. The summed E-state index contributed by atoms with van der Waals surface area (Å²) in [5.41, 5.74) is 4.15. The van der Waals surface area contributed by atoms with E-state index in [2.05, 4.69) is 31.2 Å². The van der Waals surface area contributed by atoms with Crippen molar-refractivity contribution < 1.29 is 4.79 Å². The molecule has 1 aliphatic heterocycles. The van der Waals surface area contributed by atoms with E-state index in [1.807, 2.05) is 25.1 Å². The quantitative estimate of drug-likeness (QED) is 0.642. The van der Waals surface area contributed by atoms with Crippen molar-refractivity contribution in [2.75, 3.05) is 37.4 Å². The number of H-pyrrole nitrogens is 1. The number of benzene rings is 1. The van der Waals surface area contributed by atoms with Crippen molar-refractivity contribution in [2.45, 2.75) is 44.1 Å². The molecule has 2 aliphatic rings. The van der Waals surface area contributed by atoms with Gasteiger partial charge in [0.25, 0.3) is 0 Å². The van der Waals surface area contributed by atoms with Gasteiger partial charge >= 0.3 is 0 Å². The lowest BCUT2D eigenvalue weighted by molar-refractivity contribution is -0.127. The molecule has 170 valence electrons. The Kier molecular flexibility index (Phi) is 5.51. The topological polar surface area (TPSA) is 101 Å². The maximum atomic E-state index is 13.5. The van der Waals surface area contributed by atoms with Crippen molar-refractivity contribution in [2.24, 2.45) is 0 Å². The number of carbonyl (C=O) groups is 1. The van der Waals surface area contributed by atoms with Gasteiger partial charge in [-0.05, 0) is 76.4 Å². The van der Waals surface area contributed by atoms with E-state index in [1.165, 1.54) is 24.1 Å². The Morgan fingerprint density at radius 3 is 2.76 bits per heavy atom. The van der Waals surface area contributed by atoms with Crippen LogP contribution in [0.4, 0.5) is 11.5 Å². The first-order chi connectivity index (χ1) is 16.0. The molecule has 8 nitrogen and oxygen atoms in total. The maximum Gasteiger partial charge on any atom is 0.245 e. The molecule has 0 spiro atoms. The minimum absolute atomic E-state index is 0.0332. The minimum Gasteiger partial charge on any atom is -0.356 e. The molecule has 0 bridgehead atoms. The molecule has 1 saturated heterocycles. The number of nitrogens with zero attached hydrogens (tertiary/aromatic N) is 5. The molecule has 0 radical (unpaired) electrons. The van der Waals surface area contributed by atoms with E-state index in [4.69, 9.17) is 5.26 Å². The van der Waals surface area contributed by atoms with Gasteiger partial charge in [-0.25, -0.2) is 9.97 Å². The van der Waals surface area contributed by atoms with Gasteiger partial charge in [0.05, 0.1) is 17.0 Å². The van der Waals surface area contributed by atoms with E-state index in [-0.39, 0.29) is 5.91 Å². The van der Waals surface area contributed by atoms with Crippen LogP contribution in [0.2, 0.25) is 0 Å². The minimum atomic E-state index is -0.622. The molecule has 3 aromatic rings. The van der Waals surface area contributed by atoms with E-state index >= 15 is 0 Å². The number of fused-ring (bicyclic) bond motifs is 3. The van der Waals surface area contributed by atoms with E-state index in [0.717, 1.165) is 42.8 Å². The molecule has 2 N–H and O–H groups in total. The fourth-order valence-electron chi connectivity index (χ4n) is 5.33. The molecular formula is C25H29N7O. The Bertz CT molecular complexity index is 1230. The van der Waals surface area contributed by atoms with Crippen molar-refractivity contribution in [3.8, 4) is 6.07 Å². The number of nitriles is 1. The molecule has 1 amide bonds. The zero-order valence-corrected chi connectivity index (χ0v) is 19.2. The second-order valence-electron chi connectivity index (χ2n) is 9.27. The van der Waals surface area contributed by atoms with E-state index < -0.39 is 5.54 Å². The van der Waals surface area contributed by atoms with Crippen LogP contribution < -0.4 is 10.2 Å². The first-order valence-electron chi connectivity index (χ1n) is 11.6. The van der Waals surface area contributed by atoms with Crippen molar-refractivity contribution >= 4 is 28.4 Å². The van der Waals surface area contributed by atoms with Gasteiger partial charge in [0, 0.05) is 24.5 Å². The largest absolute Gasteiger partial charge is 0.356 e. The Hall–Kier alpha value is -3.44. The molecule has 8 heteroatoms. The van der Waals surface area contributed by atoms with Crippen LogP contribution in [0, 0.1) is 11.3 Å². The van der Waals surface area contributed by atoms with Crippen LogP contribution in [-0.4, -0.2) is 58.5 Å². The van der Waals surface area contributed by atoms with Gasteiger partial charge < -0.3 is 15.2 Å². The third-order valence-corrected chi connectivity index (χ3v) is 7.28. The summed E-state index contributed by atoms with van der Waals surface area (Å²) in [7, 11) is 3.93. The average molecular weight is 444 g/mol. The van der Waals surface area contributed by atoms with Gasteiger partial charge in [0.15, 0.2) is 0 Å². The number of likely N-dealkylation sites (N-methyl/N-ethyl adjacent to an activating group) is 1. The van der Waals surface area contributed by atoms with Crippen LogP contribution in [0.5, 0.6) is 0 Å². The summed E-state index contributed by atoms with van der Waals surface area (Å²) < 4.78 is 0. The summed E-state index contributed by atoms with van der Waals surface area (Å²) >= 11 is 0. The number of anilines is 2. The summed E-state index contributed by atoms with van der Waals surface area (Å²) in [4.78, 5) is 30.5. The third-order valence-electron chi connectivity index (χ3n) is 7.28. The van der Waals surface area contributed by atoms with Crippen LogP contribution >= 0.6 is 0 Å². The predicted octanol–water partition coefficient (Wildman–Crippen LogP) is 3.25. The van der Waals surface area contributed by atoms with Crippen LogP contribution in [0.25, 0.3) is 11.0 Å². The first kappa shape index (κ1) is 21.4. The van der Waals surface area contributed by atoms with E-state index in [9.17, 15) is 4.79 Å². The zero-order valence-electron chi connectivity index (χ0n) is 19.2. The maximum absolute atomic E-state index is 13.5. The fourth-order valence-corrected chi connectivity index (χ4v) is 5.33. The van der Waals surface area contributed by atoms with E-state index in [0.29, 0.717) is 24.1 Å². The number of aromatic nitrogens is 3. The normalized spacial score (nSPS) is 17.6.